The summed E-state index contributed by atoms with van der Waals surface area (Å²) in [4.78, 5) is 18.5. The Labute approximate surface area is 155 Å². The SMILES string of the molecule is O=C(C1CC=CCC1)N1CCC([C@@H]2C[C@H](C(F)(F)F)n3ncnc3N2)CC1. The molecule has 3 atom stereocenters. The highest BCUT2D eigenvalue weighted by Gasteiger charge is 2.48. The summed E-state index contributed by atoms with van der Waals surface area (Å²) in [5, 5.41) is 6.87. The second-order valence-corrected chi connectivity index (χ2v) is 7.72. The molecule has 2 aliphatic heterocycles. The van der Waals surface area contributed by atoms with Crippen LogP contribution >= 0.6 is 0 Å². The van der Waals surface area contributed by atoms with Gasteiger partial charge in [-0.25, -0.2) is 4.68 Å². The molecule has 6 nitrogen and oxygen atoms in total. The molecule has 3 heterocycles. The lowest BCUT2D eigenvalue weighted by atomic mass is 9.84. The number of nitrogens with zero attached hydrogens (tertiary/aromatic N) is 4. The molecule has 0 spiro atoms. The van der Waals surface area contributed by atoms with Gasteiger partial charge in [0.15, 0.2) is 6.04 Å². The summed E-state index contributed by atoms with van der Waals surface area (Å²) in [7, 11) is 0. The number of hydrogen-bond donors (Lipinski definition) is 1. The maximum atomic E-state index is 13.4. The largest absolute Gasteiger partial charge is 0.411 e. The van der Waals surface area contributed by atoms with E-state index in [0.717, 1.165) is 30.3 Å². The fourth-order valence-electron chi connectivity index (χ4n) is 4.53. The normalized spacial score (nSPS) is 29.3. The number of allylic oxidation sites excluding steroid dienone is 2. The van der Waals surface area contributed by atoms with E-state index in [9.17, 15) is 18.0 Å². The summed E-state index contributed by atoms with van der Waals surface area (Å²) in [5.41, 5.74) is 0. The number of fused-ring (bicyclic) bond motifs is 1. The predicted molar refractivity (Wildman–Crippen MR) is 92.9 cm³/mol. The Bertz CT molecular complexity index is 708. The van der Waals surface area contributed by atoms with Gasteiger partial charge in [0.2, 0.25) is 11.9 Å². The topological polar surface area (TPSA) is 63.1 Å². The second-order valence-electron chi connectivity index (χ2n) is 7.72. The zero-order chi connectivity index (χ0) is 19.0. The highest BCUT2D eigenvalue weighted by Crippen LogP contribution is 2.41. The Hall–Kier alpha value is -2.06. The maximum absolute atomic E-state index is 13.4. The Kier molecular flexibility index (Phi) is 4.86. The molecule has 1 aromatic heterocycles. The summed E-state index contributed by atoms with van der Waals surface area (Å²) < 4.78 is 41.2. The van der Waals surface area contributed by atoms with Crippen molar-refractivity contribution in [3.8, 4) is 0 Å². The van der Waals surface area contributed by atoms with E-state index >= 15 is 0 Å². The van der Waals surface area contributed by atoms with Gasteiger partial charge < -0.3 is 10.2 Å². The summed E-state index contributed by atoms with van der Waals surface area (Å²) >= 11 is 0. The third-order valence-corrected chi connectivity index (χ3v) is 6.08. The zero-order valence-corrected chi connectivity index (χ0v) is 15.0. The van der Waals surface area contributed by atoms with E-state index in [2.05, 4.69) is 27.6 Å². The van der Waals surface area contributed by atoms with Gasteiger partial charge in [-0.15, -0.1) is 0 Å². The molecule has 9 heteroatoms. The molecule has 1 fully saturated rings. The standard InChI is InChI=1S/C18H24F3N5O/c19-18(20,21)15-10-14(24-17-22-11-23-26(15)17)12-6-8-25(9-7-12)16(27)13-4-2-1-3-5-13/h1-2,11-15H,3-10H2,(H,22,23,24)/t13?,14-,15+/m0/s1. The molecule has 1 N–H and O–H groups in total. The fraction of sp³-hybridized carbons (Fsp3) is 0.722. The van der Waals surface area contributed by atoms with E-state index in [1.807, 2.05) is 4.90 Å². The Morgan fingerprint density at radius 2 is 1.96 bits per heavy atom. The summed E-state index contributed by atoms with van der Waals surface area (Å²) in [6.45, 7) is 1.23. The number of carbonyl (C=O) groups excluding carboxylic acids is 1. The van der Waals surface area contributed by atoms with Crippen LogP contribution in [0.2, 0.25) is 0 Å². The van der Waals surface area contributed by atoms with E-state index in [1.54, 1.807) is 0 Å². The number of hydrogen-bond acceptors (Lipinski definition) is 4. The average molecular weight is 383 g/mol. The van der Waals surface area contributed by atoms with Gasteiger partial charge in [-0.3, -0.25) is 4.79 Å². The second kappa shape index (κ2) is 7.16. The highest BCUT2D eigenvalue weighted by molar-refractivity contribution is 5.79. The summed E-state index contributed by atoms with van der Waals surface area (Å²) in [6, 6.07) is -1.95. The number of piperidine rings is 1. The van der Waals surface area contributed by atoms with Gasteiger partial charge in [-0.05, 0) is 44.4 Å². The molecular formula is C18H24F3N5O. The van der Waals surface area contributed by atoms with E-state index in [-0.39, 0.29) is 36.2 Å². The van der Waals surface area contributed by atoms with Crippen LogP contribution < -0.4 is 5.32 Å². The number of halogens is 3. The predicted octanol–water partition coefficient (Wildman–Crippen LogP) is 3.16. The smallest absolute Gasteiger partial charge is 0.351 e. The van der Waals surface area contributed by atoms with Gasteiger partial charge >= 0.3 is 6.18 Å². The Balaban J connectivity index is 1.38. The Morgan fingerprint density at radius 1 is 1.19 bits per heavy atom. The van der Waals surface area contributed by atoms with Crippen molar-refractivity contribution >= 4 is 11.9 Å². The molecular weight excluding hydrogens is 359 g/mol. The van der Waals surface area contributed by atoms with Crippen LogP contribution in [0.15, 0.2) is 18.5 Å². The van der Waals surface area contributed by atoms with Crippen molar-refractivity contribution in [3.05, 3.63) is 18.5 Å². The summed E-state index contributed by atoms with van der Waals surface area (Å²) in [5.74, 6) is 0.534. The number of nitrogens with one attached hydrogen (secondary N) is 1. The van der Waals surface area contributed by atoms with Gasteiger partial charge in [-0.2, -0.15) is 23.3 Å². The lowest BCUT2D eigenvalue weighted by Gasteiger charge is -2.41. The minimum atomic E-state index is -4.35. The molecule has 148 valence electrons. The monoisotopic (exact) mass is 383 g/mol. The molecule has 1 amide bonds. The number of carbonyl (C=O) groups is 1. The summed E-state index contributed by atoms with van der Waals surface area (Å²) in [6.07, 6.45) is 4.99. The first-order valence-corrected chi connectivity index (χ1v) is 9.60. The lowest BCUT2D eigenvalue weighted by Crippen LogP contribution is -2.48. The van der Waals surface area contributed by atoms with Crippen molar-refractivity contribution < 1.29 is 18.0 Å². The van der Waals surface area contributed by atoms with Crippen LogP contribution in [0.5, 0.6) is 0 Å². The molecule has 3 aliphatic rings. The number of aromatic nitrogens is 3. The van der Waals surface area contributed by atoms with Gasteiger partial charge in [0.05, 0.1) is 0 Å². The highest BCUT2D eigenvalue weighted by atomic mass is 19.4. The first-order valence-electron chi connectivity index (χ1n) is 9.60. The molecule has 1 unspecified atom stereocenters. The number of amides is 1. The Morgan fingerprint density at radius 3 is 2.63 bits per heavy atom. The van der Waals surface area contributed by atoms with Gasteiger partial charge in [0, 0.05) is 25.0 Å². The average Bonchev–Trinajstić information content (AvgIpc) is 3.15. The number of rotatable bonds is 2. The molecule has 1 aliphatic carbocycles. The van der Waals surface area contributed by atoms with E-state index in [0.29, 0.717) is 25.9 Å². The van der Waals surface area contributed by atoms with Crippen LogP contribution in [0.4, 0.5) is 19.1 Å². The van der Waals surface area contributed by atoms with Crippen LogP contribution in [-0.2, 0) is 4.79 Å². The fourth-order valence-corrected chi connectivity index (χ4v) is 4.53. The third kappa shape index (κ3) is 3.68. The van der Waals surface area contributed by atoms with Crippen molar-refractivity contribution in [2.45, 2.75) is 56.8 Å². The van der Waals surface area contributed by atoms with Crippen LogP contribution in [-0.4, -0.2) is 50.9 Å². The van der Waals surface area contributed by atoms with Crippen LogP contribution in [0.1, 0.15) is 44.6 Å². The number of alkyl halides is 3. The molecule has 0 aromatic carbocycles. The van der Waals surface area contributed by atoms with E-state index < -0.39 is 12.2 Å². The molecule has 4 rings (SSSR count). The first-order chi connectivity index (χ1) is 12.9. The number of anilines is 1. The maximum Gasteiger partial charge on any atom is 0.411 e. The van der Waals surface area contributed by atoms with Crippen molar-refractivity contribution in [2.75, 3.05) is 18.4 Å². The molecule has 27 heavy (non-hydrogen) atoms. The van der Waals surface area contributed by atoms with Crippen LogP contribution in [0, 0.1) is 11.8 Å². The molecule has 1 aromatic rings. The quantitative estimate of drug-likeness (QED) is 0.797. The van der Waals surface area contributed by atoms with Gasteiger partial charge in [-0.1, -0.05) is 12.2 Å². The van der Waals surface area contributed by atoms with Crippen molar-refractivity contribution in [2.24, 2.45) is 11.8 Å². The van der Waals surface area contributed by atoms with Gasteiger partial charge in [0.1, 0.15) is 6.33 Å². The van der Waals surface area contributed by atoms with E-state index in [1.165, 1.54) is 0 Å². The molecule has 0 bridgehead atoms. The van der Waals surface area contributed by atoms with Gasteiger partial charge in [0.25, 0.3) is 0 Å². The molecule has 0 radical (unpaired) electrons. The van der Waals surface area contributed by atoms with Crippen LogP contribution in [0.25, 0.3) is 0 Å². The van der Waals surface area contributed by atoms with E-state index in [4.69, 9.17) is 0 Å². The van der Waals surface area contributed by atoms with Crippen molar-refractivity contribution in [3.63, 3.8) is 0 Å². The lowest BCUT2D eigenvalue weighted by molar-refractivity contribution is -0.174. The third-order valence-electron chi connectivity index (χ3n) is 6.08. The van der Waals surface area contributed by atoms with Crippen molar-refractivity contribution in [1.29, 1.82) is 0 Å². The minimum absolute atomic E-state index is 0.0497. The van der Waals surface area contributed by atoms with Crippen molar-refractivity contribution in [1.82, 2.24) is 19.7 Å². The number of likely N-dealkylation sites (tertiary alicyclic amines) is 1. The molecule has 1 saturated heterocycles. The minimum Gasteiger partial charge on any atom is -0.351 e. The first kappa shape index (κ1) is 18.3. The zero-order valence-electron chi connectivity index (χ0n) is 15.0. The molecule has 0 saturated carbocycles. The van der Waals surface area contributed by atoms with Crippen LogP contribution in [0.3, 0.4) is 0 Å².